The fourth-order valence-electron chi connectivity index (χ4n) is 1.16. The average molecular weight is 225 g/mol. The number of thiazole rings is 1. The smallest absolute Gasteiger partial charge is 0.255 e. The predicted octanol–water partition coefficient (Wildman–Crippen LogP) is 1.48. The first-order valence-electron chi connectivity index (χ1n) is 4.56. The number of aryl methyl sites for hydroxylation is 1. The number of hydrogen-bond acceptors (Lipinski definition) is 6. The van der Waals surface area contributed by atoms with E-state index in [1.165, 1.54) is 0 Å². The van der Waals surface area contributed by atoms with E-state index in [2.05, 4.69) is 15.1 Å². The summed E-state index contributed by atoms with van der Waals surface area (Å²) in [6.45, 7) is 3.54. The second-order valence-corrected chi connectivity index (χ2v) is 4.32. The molecule has 0 fully saturated rings. The summed E-state index contributed by atoms with van der Waals surface area (Å²) >= 11 is 1.59. The highest BCUT2D eigenvalue weighted by Crippen LogP contribution is 2.13. The molecule has 2 rings (SSSR count). The lowest BCUT2D eigenvalue weighted by atomic mass is 10.3. The number of rotatable bonds is 3. The Hall–Kier alpha value is -1.27. The summed E-state index contributed by atoms with van der Waals surface area (Å²) in [6.07, 6.45) is -0.177. The van der Waals surface area contributed by atoms with Crippen LogP contribution < -0.4 is 0 Å². The summed E-state index contributed by atoms with van der Waals surface area (Å²) in [7, 11) is 0. The van der Waals surface area contributed by atoms with Crippen LogP contribution in [0.5, 0.6) is 0 Å². The number of aliphatic hydroxyl groups excluding tert-OH is 1. The van der Waals surface area contributed by atoms with Gasteiger partial charge in [0.2, 0.25) is 0 Å². The molecule has 5 nitrogen and oxygen atoms in total. The lowest BCUT2D eigenvalue weighted by molar-refractivity contribution is 0.151. The summed E-state index contributed by atoms with van der Waals surface area (Å²) in [5.74, 6) is 0.799. The summed E-state index contributed by atoms with van der Waals surface area (Å²) in [6, 6.07) is 0. The molecule has 0 amide bonds. The maximum absolute atomic E-state index is 9.20. The predicted molar refractivity (Wildman–Crippen MR) is 54.6 cm³/mol. The van der Waals surface area contributed by atoms with E-state index >= 15 is 0 Å². The van der Waals surface area contributed by atoms with Gasteiger partial charge in [-0.2, -0.15) is 4.98 Å². The molecule has 0 bridgehead atoms. The van der Waals surface area contributed by atoms with Crippen LogP contribution in [0.15, 0.2) is 9.90 Å². The lowest BCUT2D eigenvalue weighted by Crippen LogP contribution is -1.94. The fourth-order valence-corrected chi connectivity index (χ4v) is 1.77. The molecule has 0 unspecified atom stereocenters. The average Bonchev–Trinajstić information content (AvgIpc) is 2.76. The van der Waals surface area contributed by atoms with Crippen LogP contribution in [-0.4, -0.2) is 20.2 Å². The normalized spacial score (nSPS) is 13.0. The highest BCUT2D eigenvalue weighted by atomic mass is 32.1. The van der Waals surface area contributed by atoms with Gasteiger partial charge in [0.25, 0.3) is 5.89 Å². The summed E-state index contributed by atoms with van der Waals surface area (Å²) in [5, 5.41) is 15.9. The van der Waals surface area contributed by atoms with Gasteiger partial charge in [0, 0.05) is 5.38 Å². The topological polar surface area (TPSA) is 72.0 Å². The molecule has 0 radical (unpaired) electrons. The van der Waals surface area contributed by atoms with E-state index in [1.807, 2.05) is 12.3 Å². The van der Waals surface area contributed by atoms with E-state index < -0.39 is 6.10 Å². The second-order valence-electron chi connectivity index (χ2n) is 3.26. The minimum atomic E-state index is -0.719. The highest BCUT2D eigenvalue weighted by Gasteiger charge is 2.12. The minimum absolute atomic E-state index is 0.247. The van der Waals surface area contributed by atoms with Gasteiger partial charge in [-0.1, -0.05) is 5.16 Å². The Bertz CT molecular complexity index is 450. The van der Waals surface area contributed by atoms with Crippen molar-refractivity contribution in [1.82, 2.24) is 15.1 Å². The maximum Gasteiger partial charge on any atom is 0.255 e. The van der Waals surface area contributed by atoms with Crippen LogP contribution in [-0.2, 0) is 6.42 Å². The van der Waals surface area contributed by atoms with Gasteiger partial charge in [-0.3, -0.25) is 0 Å². The Morgan fingerprint density at radius 2 is 2.33 bits per heavy atom. The van der Waals surface area contributed by atoms with Crippen molar-refractivity contribution in [3.8, 4) is 0 Å². The van der Waals surface area contributed by atoms with Gasteiger partial charge in [0.05, 0.1) is 17.1 Å². The molecule has 0 saturated carbocycles. The largest absolute Gasteiger partial charge is 0.384 e. The van der Waals surface area contributed by atoms with E-state index in [-0.39, 0.29) is 5.89 Å². The molecule has 6 heteroatoms. The van der Waals surface area contributed by atoms with Gasteiger partial charge in [0.1, 0.15) is 6.10 Å². The fraction of sp³-hybridized carbons (Fsp3) is 0.444. The third kappa shape index (κ3) is 2.40. The lowest BCUT2D eigenvalue weighted by Gasteiger charge is -1.91. The number of aromatic nitrogens is 3. The molecule has 0 aliphatic carbocycles. The van der Waals surface area contributed by atoms with Crippen molar-refractivity contribution in [3.05, 3.63) is 27.8 Å². The van der Waals surface area contributed by atoms with Crippen molar-refractivity contribution in [2.24, 2.45) is 0 Å². The molecule has 2 heterocycles. The third-order valence-corrected chi connectivity index (χ3v) is 2.67. The van der Waals surface area contributed by atoms with Crippen LogP contribution >= 0.6 is 11.3 Å². The van der Waals surface area contributed by atoms with E-state index in [1.54, 1.807) is 18.3 Å². The zero-order valence-corrected chi connectivity index (χ0v) is 9.28. The third-order valence-electron chi connectivity index (χ3n) is 1.85. The Morgan fingerprint density at radius 3 is 2.87 bits per heavy atom. The first-order valence-corrected chi connectivity index (χ1v) is 5.44. The van der Waals surface area contributed by atoms with E-state index in [4.69, 9.17) is 4.52 Å². The first-order chi connectivity index (χ1) is 7.15. The summed E-state index contributed by atoms with van der Waals surface area (Å²) in [4.78, 5) is 8.35. The molecule has 80 valence electrons. The van der Waals surface area contributed by atoms with Gasteiger partial charge in [-0.05, 0) is 13.8 Å². The van der Waals surface area contributed by atoms with Crippen molar-refractivity contribution >= 4 is 11.3 Å². The second kappa shape index (κ2) is 4.08. The van der Waals surface area contributed by atoms with Crippen molar-refractivity contribution in [2.75, 3.05) is 0 Å². The maximum atomic E-state index is 9.20. The zero-order chi connectivity index (χ0) is 10.8. The summed E-state index contributed by atoms with van der Waals surface area (Å²) in [5.41, 5.74) is 0.926. The van der Waals surface area contributed by atoms with Crippen LogP contribution in [0, 0.1) is 6.92 Å². The van der Waals surface area contributed by atoms with Crippen LogP contribution in [0.2, 0.25) is 0 Å². The molecule has 0 aliphatic rings. The molecule has 0 aliphatic heterocycles. The van der Waals surface area contributed by atoms with Gasteiger partial charge in [-0.15, -0.1) is 11.3 Å². The van der Waals surface area contributed by atoms with Crippen molar-refractivity contribution in [3.63, 3.8) is 0 Å². The molecule has 2 aromatic heterocycles. The molecule has 15 heavy (non-hydrogen) atoms. The summed E-state index contributed by atoms with van der Waals surface area (Å²) < 4.78 is 4.87. The van der Waals surface area contributed by atoms with Crippen molar-refractivity contribution in [1.29, 1.82) is 0 Å². The molecule has 0 aromatic carbocycles. The Balaban J connectivity index is 2.11. The number of hydrogen-bond donors (Lipinski definition) is 1. The van der Waals surface area contributed by atoms with Gasteiger partial charge in [0.15, 0.2) is 5.82 Å². The molecule has 0 saturated heterocycles. The van der Waals surface area contributed by atoms with Crippen LogP contribution in [0.25, 0.3) is 0 Å². The van der Waals surface area contributed by atoms with E-state index in [9.17, 15) is 5.11 Å². The quantitative estimate of drug-likeness (QED) is 0.856. The number of aliphatic hydroxyl groups is 1. The van der Waals surface area contributed by atoms with E-state index in [0.717, 1.165) is 10.7 Å². The monoisotopic (exact) mass is 225 g/mol. The highest BCUT2D eigenvalue weighted by molar-refractivity contribution is 7.09. The van der Waals surface area contributed by atoms with Crippen LogP contribution in [0.1, 0.15) is 35.4 Å². The Labute approximate surface area is 90.8 Å². The van der Waals surface area contributed by atoms with Crippen LogP contribution in [0.4, 0.5) is 0 Å². The number of nitrogens with zero attached hydrogens (tertiary/aromatic N) is 3. The molecule has 0 spiro atoms. The molecule has 1 atom stereocenters. The van der Waals surface area contributed by atoms with Crippen LogP contribution in [0.3, 0.4) is 0 Å². The van der Waals surface area contributed by atoms with Gasteiger partial charge < -0.3 is 9.63 Å². The SMILES string of the molecule is Cc1nc(Cc2noc([C@H](C)O)n2)cs1. The standard InChI is InChI=1S/C9H11N3O2S/c1-5(13)9-11-8(12-14-9)3-7-4-15-6(2)10-7/h4-5,13H,3H2,1-2H3/t5-/m0/s1. The molecule has 2 aromatic rings. The molecular formula is C9H11N3O2S. The van der Waals surface area contributed by atoms with E-state index in [0.29, 0.717) is 12.2 Å². The van der Waals surface area contributed by atoms with Gasteiger partial charge in [-0.25, -0.2) is 4.98 Å². The minimum Gasteiger partial charge on any atom is -0.384 e. The zero-order valence-electron chi connectivity index (χ0n) is 8.47. The Kier molecular flexibility index (Phi) is 2.79. The van der Waals surface area contributed by atoms with Crippen molar-refractivity contribution in [2.45, 2.75) is 26.4 Å². The Morgan fingerprint density at radius 1 is 1.53 bits per heavy atom. The molecular weight excluding hydrogens is 214 g/mol. The van der Waals surface area contributed by atoms with Crippen molar-refractivity contribution < 1.29 is 9.63 Å². The first kappa shape index (κ1) is 10.3. The van der Waals surface area contributed by atoms with Gasteiger partial charge >= 0.3 is 0 Å². The molecule has 1 N–H and O–H groups in total.